The third kappa shape index (κ3) is 4.39. The van der Waals surface area contributed by atoms with Crippen molar-refractivity contribution in [2.45, 2.75) is 26.8 Å². The van der Waals surface area contributed by atoms with Gasteiger partial charge in [-0.15, -0.1) is 10.2 Å². The Morgan fingerprint density at radius 2 is 1.76 bits per heavy atom. The van der Waals surface area contributed by atoms with Gasteiger partial charge in [-0.25, -0.2) is 14.8 Å². The molecule has 1 unspecified atom stereocenters. The Balaban J connectivity index is 1.50. The van der Waals surface area contributed by atoms with Gasteiger partial charge in [-0.1, -0.05) is 30.3 Å². The number of esters is 1. The zero-order chi connectivity index (χ0) is 23.5. The number of ether oxygens (including phenoxy) is 1. The van der Waals surface area contributed by atoms with Crippen LogP contribution in [0.25, 0.3) is 0 Å². The van der Waals surface area contributed by atoms with E-state index in [0.717, 1.165) is 16.9 Å². The molecule has 0 spiro atoms. The summed E-state index contributed by atoms with van der Waals surface area (Å²) < 4.78 is 4.68. The monoisotopic (exact) mass is 446 g/mol. The van der Waals surface area contributed by atoms with E-state index < -0.39 is 5.97 Å². The van der Waals surface area contributed by atoms with E-state index in [1.54, 1.807) is 18.3 Å². The van der Waals surface area contributed by atoms with Crippen molar-refractivity contribution in [2.24, 2.45) is 0 Å². The average molecular weight is 447 g/mol. The van der Waals surface area contributed by atoms with E-state index >= 15 is 0 Å². The molecular weight excluding hydrogens is 420 g/mol. The van der Waals surface area contributed by atoms with Crippen molar-refractivity contribution in [2.75, 3.05) is 36.5 Å². The van der Waals surface area contributed by atoms with Gasteiger partial charge in [0.15, 0.2) is 11.5 Å². The summed E-state index contributed by atoms with van der Waals surface area (Å²) in [5.41, 5.74) is 2.96. The van der Waals surface area contributed by atoms with Crippen molar-refractivity contribution in [1.29, 1.82) is 0 Å². The van der Waals surface area contributed by atoms with Gasteiger partial charge in [0.1, 0.15) is 11.5 Å². The maximum Gasteiger partial charge on any atom is 0.358 e. The zero-order valence-corrected chi connectivity index (χ0v) is 19.1. The lowest BCUT2D eigenvalue weighted by molar-refractivity contribution is 0.0593. The summed E-state index contributed by atoms with van der Waals surface area (Å²) in [6, 6.07) is 9.26. The van der Waals surface area contributed by atoms with Crippen LogP contribution >= 0.6 is 0 Å². The van der Waals surface area contributed by atoms with E-state index in [1.165, 1.54) is 13.3 Å². The molecule has 4 rings (SSSR count). The molecular formula is C24H26N6O3. The molecule has 3 heterocycles. The zero-order valence-electron chi connectivity index (χ0n) is 19.1. The summed E-state index contributed by atoms with van der Waals surface area (Å²) >= 11 is 0. The molecule has 1 aromatic carbocycles. The lowest BCUT2D eigenvalue weighted by atomic mass is 10.0. The van der Waals surface area contributed by atoms with Gasteiger partial charge in [0, 0.05) is 31.2 Å². The Labute approximate surface area is 192 Å². The highest BCUT2D eigenvalue weighted by atomic mass is 16.5. The summed E-state index contributed by atoms with van der Waals surface area (Å²) in [6.07, 6.45) is 3.03. The minimum atomic E-state index is -0.509. The van der Waals surface area contributed by atoms with Crippen LogP contribution in [0.2, 0.25) is 0 Å². The highest BCUT2D eigenvalue weighted by molar-refractivity contribution is 6.08. The standard InChI is InChI=1S/C24H26N6O3/c1-15-14-29(10-11-30(15)20-13-25-19(12-26-20)24(32)33-4)23-17(3)16(2)21(27-28-23)22(31)18-8-6-5-7-9-18/h5-9,12-13,15H,10-11,14H2,1-4H3. The van der Waals surface area contributed by atoms with Crippen LogP contribution in [0.4, 0.5) is 11.6 Å². The fraction of sp³-hybridized carbons (Fsp3) is 0.333. The number of piperazine rings is 1. The van der Waals surface area contributed by atoms with Gasteiger partial charge in [-0.3, -0.25) is 4.79 Å². The average Bonchev–Trinajstić information content (AvgIpc) is 2.85. The predicted octanol–water partition coefficient (Wildman–Crippen LogP) is 2.62. The number of anilines is 2. The molecule has 0 radical (unpaired) electrons. The molecule has 1 atom stereocenters. The largest absolute Gasteiger partial charge is 0.464 e. The quantitative estimate of drug-likeness (QED) is 0.432. The second-order valence-electron chi connectivity index (χ2n) is 8.06. The van der Waals surface area contributed by atoms with Gasteiger partial charge in [0.2, 0.25) is 5.78 Å². The first kappa shape index (κ1) is 22.3. The summed E-state index contributed by atoms with van der Waals surface area (Å²) in [5, 5.41) is 8.75. The van der Waals surface area contributed by atoms with Crippen molar-refractivity contribution in [1.82, 2.24) is 20.2 Å². The van der Waals surface area contributed by atoms with E-state index in [1.807, 2.05) is 32.0 Å². The van der Waals surface area contributed by atoms with E-state index in [2.05, 4.69) is 41.6 Å². The van der Waals surface area contributed by atoms with Crippen LogP contribution in [0.1, 0.15) is 44.6 Å². The first-order valence-corrected chi connectivity index (χ1v) is 10.8. The van der Waals surface area contributed by atoms with E-state index in [4.69, 9.17) is 0 Å². The third-order valence-corrected chi connectivity index (χ3v) is 6.00. The number of hydrogen-bond acceptors (Lipinski definition) is 9. The molecule has 1 fully saturated rings. The highest BCUT2D eigenvalue weighted by Gasteiger charge is 2.28. The summed E-state index contributed by atoms with van der Waals surface area (Å²) in [7, 11) is 1.32. The van der Waals surface area contributed by atoms with Crippen molar-refractivity contribution in [3.8, 4) is 0 Å². The Hall–Kier alpha value is -3.88. The Morgan fingerprint density at radius 1 is 1.00 bits per heavy atom. The summed E-state index contributed by atoms with van der Waals surface area (Å²) in [4.78, 5) is 37.4. The van der Waals surface area contributed by atoms with Gasteiger partial charge in [0.05, 0.1) is 19.5 Å². The number of nitrogens with zero attached hydrogens (tertiary/aromatic N) is 6. The van der Waals surface area contributed by atoms with Crippen molar-refractivity contribution in [3.05, 3.63) is 70.8 Å². The van der Waals surface area contributed by atoms with Crippen molar-refractivity contribution >= 4 is 23.4 Å². The smallest absolute Gasteiger partial charge is 0.358 e. The maximum atomic E-state index is 12.9. The molecule has 0 aliphatic carbocycles. The Kier molecular flexibility index (Phi) is 6.30. The van der Waals surface area contributed by atoms with Crippen LogP contribution in [0.5, 0.6) is 0 Å². The maximum absolute atomic E-state index is 12.9. The van der Waals surface area contributed by atoms with Crippen LogP contribution in [0.3, 0.4) is 0 Å². The highest BCUT2D eigenvalue weighted by Crippen LogP contribution is 2.26. The number of methoxy groups -OCH3 is 1. The molecule has 3 aromatic rings. The van der Waals surface area contributed by atoms with Crippen LogP contribution < -0.4 is 9.80 Å². The second kappa shape index (κ2) is 9.32. The molecule has 0 saturated carbocycles. The van der Waals surface area contributed by atoms with Crippen LogP contribution in [0.15, 0.2) is 42.7 Å². The Morgan fingerprint density at radius 3 is 2.39 bits per heavy atom. The summed E-state index contributed by atoms with van der Waals surface area (Å²) in [6.45, 7) is 8.13. The van der Waals surface area contributed by atoms with Gasteiger partial charge < -0.3 is 14.5 Å². The lowest BCUT2D eigenvalue weighted by Crippen LogP contribution is -2.53. The molecule has 9 heteroatoms. The fourth-order valence-electron chi connectivity index (χ4n) is 4.00. The van der Waals surface area contributed by atoms with Gasteiger partial charge in [-0.2, -0.15) is 0 Å². The first-order chi connectivity index (χ1) is 15.9. The number of aromatic nitrogens is 4. The number of ketones is 1. The summed E-state index contributed by atoms with van der Waals surface area (Å²) in [5.74, 6) is 0.862. The molecule has 2 aromatic heterocycles. The van der Waals surface area contributed by atoms with E-state index in [9.17, 15) is 9.59 Å². The lowest BCUT2D eigenvalue weighted by Gasteiger charge is -2.41. The molecule has 0 amide bonds. The number of carbonyl (C=O) groups is 2. The molecule has 0 bridgehead atoms. The topological polar surface area (TPSA) is 101 Å². The van der Waals surface area contributed by atoms with Crippen molar-refractivity contribution < 1.29 is 14.3 Å². The second-order valence-corrected chi connectivity index (χ2v) is 8.06. The molecule has 1 saturated heterocycles. The van der Waals surface area contributed by atoms with Crippen LogP contribution in [-0.2, 0) is 4.74 Å². The molecule has 1 aliphatic rings. The molecule has 0 N–H and O–H groups in total. The minimum absolute atomic E-state index is 0.123. The number of hydrogen-bond donors (Lipinski definition) is 0. The van der Waals surface area contributed by atoms with E-state index in [0.29, 0.717) is 36.7 Å². The van der Waals surface area contributed by atoms with Gasteiger partial charge >= 0.3 is 5.97 Å². The number of rotatable bonds is 5. The fourth-order valence-corrected chi connectivity index (χ4v) is 4.00. The SMILES string of the molecule is COC(=O)c1cnc(N2CCN(c3nnc(C(=O)c4ccccc4)c(C)c3C)CC2C)cn1. The number of carbonyl (C=O) groups excluding carboxylic acids is 2. The predicted molar refractivity (Wildman–Crippen MR) is 124 cm³/mol. The van der Waals surface area contributed by atoms with Gasteiger partial charge in [0.25, 0.3) is 0 Å². The molecule has 170 valence electrons. The normalized spacial score (nSPS) is 15.9. The number of benzene rings is 1. The minimum Gasteiger partial charge on any atom is -0.464 e. The first-order valence-electron chi connectivity index (χ1n) is 10.8. The molecule has 33 heavy (non-hydrogen) atoms. The van der Waals surface area contributed by atoms with Crippen molar-refractivity contribution in [3.63, 3.8) is 0 Å². The molecule has 1 aliphatic heterocycles. The van der Waals surface area contributed by atoms with Gasteiger partial charge in [-0.05, 0) is 31.9 Å². The third-order valence-electron chi connectivity index (χ3n) is 6.00. The Bertz CT molecular complexity index is 1170. The molecule has 9 nitrogen and oxygen atoms in total. The van der Waals surface area contributed by atoms with Crippen LogP contribution in [0, 0.1) is 13.8 Å². The van der Waals surface area contributed by atoms with E-state index in [-0.39, 0.29) is 17.5 Å². The van der Waals surface area contributed by atoms with Crippen LogP contribution in [-0.4, -0.2) is 64.7 Å².